The zero-order valence-corrected chi connectivity index (χ0v) is 13.7. The van der Waals surface area contributed by atoms with E-state index in [1.165, 1.54) is 25.3 Å². The van der Waals surface area contributed by atoms with Crippen LogP contribution in [0.25, 0.3) is 6.08 Å². The fourth-order valence-corrected chi connectivity index (χ4v) is 1.70. The Morgan fingerprint density at radius 1 is 1.35 bits per heavy atom. The number of aromatic hydroxyl groups is 1. The van der Waals surface area contributed by atoms with Gasteiger partial charge >= 0.3 is 5.97 Å². The molecule has 0 aromatic heterocycles. The maximum Gasteiger partial charge on any atom is 0.331 e. The van der Waals surface area contributed by atoms with E-state index in [2.05, 4.69) is 19.2 Å². The van der Waals surface area contributed by atoms with E-state index < -0.39 is 5.97 Å². The Bertz CT molecular complexity index is 566. The predicted molar refractivity (Wildman–Crippen MR) is 87.1 cm³/mol. The first-order chi connectivity index (χ1) is 10.9. The van der Waals surface area contributed by atoms with E-state index in [4.69, 9.17) is 9.47 Å². The van der Waals surface area contributed by atoms with E-state index in [1.54, 1.807) is 12.1 Å². The fraction of sp³-hybridized carbons (Fsp3) is 0.412. The molecule has 1 aromatic rings. The van der Waals surface area contributed by atoms with Crippen LogP contribution in [0.4, 0.5) is 0 Å². The molecule has 0 radical (unpaired) electrons. The molecular weight excluding hydrogens is 298 g/mol. The van der Waals surface area contributed by atoms with Crippen molar-refractivity contribution in [3.8, 4) is 11.5 Å². The third-order valence-electron chi connectivity index (χ3n) is 3.01. The molecule has 0 aliphatic carbocycles. The van der Waals surface area contributed by atoms with Crippen molar-refractivity contribution >= 4 is 18.0 Å². The third-order valence-corrected chi connectivity index (χ3v) is 3.01. The van der Waals surface area contributed by atoms with Gasteiger partial charge in [0.1, 0.15) is 0 Å². The molecule has 0 bridgehead atoms. The van der Waals surface area contributed by atoms with Gasteiger partial charge in [0.05, 0.1) is 7.11 Å². The number of hydrogen-bond donors (Lipinski definition) is 2. The third kappa shape index (κ3) is 7.35. The Morgan fingerprint density at radius 3 is 2.74 bits per heavy atom. The molecule has 2 N–H and O–H groups in total. The Morgan fingerprint density at radius 2 is 2.09 bits per heavy atom. The molecule has 1 rings (SSSR count). The van der Waals surface area contributed by atoms with Crippen LogP contribution in [0.3, 0.4) is 0 Å². The van der Waals surface area contributed by atoms with Gasteiger partial charge in [-0.25, -0.2) is 4.79 Å². The molecule has 0 spiro atoms. The Kier molecular flexibility index (Phi) is 7.66. The van der Waals surface area contributed by atoms with Crippen LogP contribution in [0.1, 0.15) is 25.8 Å². The van der Waals surface area contributed by atoms with Crippen LogP contribution >= 0.6 is 0 Å². The molecule has 0 fully saturated rings. The van der Waals surface area contributed by atoms with Crippen molar-refractivity contribution < 1.29 is 24.2 Å². The molecule has 23 heavy (non-hydrogen) atoms. The first-order valence-corrected chi connectivity index (χ1v) is 7.41. The molecule has 0 unspecified atom stereocenters. The van der Waals surface area contributed by atoms with Crippen molar-refractivity contribution in [1.29, 1.82) is 0 Å². The number of amides is 1. The highest BCUT2D eigenvalue weighted by Crippen LogP contribution is 2.26. The number of benzene rings is 1. The van der Waals surface area contributed by atoms with Gasteiger partial charge in [0.2, 0.25) is 0 Å². The normalized spacial score (nSPS) is 10.8. The largest absolute Gasteiger partial charge is 0.504 e. The van der Waals surface area contributed by atoms with Gasteiger partial charge < -0.3 is 19.9 Å². The van der Waals surface area contributed by atoms with Crippen molar-refractivity contribution in [1.82, 2.24) is 5.32 Å². The number of phenols is 1. The van der Waals surface area contributed by atoms with Crippen LogP contribution in [0.5, 0.6) is 11.5 Å². The number of nitrogens with one attached hydrogen (secondary N) is 1. The number of esters is 1. The number of ether oxygens (including phenoxy) is 2. The monoisotopic (exact) mass is 321 g/mol. The maximum absolute atomic E-state index is 11.6. The molecule has 0 saturated carbocycles. The van der Waals surface area contributed by atoms with E-state index in [1.807, 2.05) is 0 Å². The number of rotatable bonds is 8. The number of hydrogen-bond acceptors (Lipinski definition) is 5. The van der Waals surface area contributed by atoms with Crippen molar-refractivity contribution in [3.63, 3.8) is 0 Å². The van der Waals surface area contributed by atoms with Crippen molar-refractivity contribution in [2.24, 2.45) is 5.92 Å². The van der Waals surface area contributed by atoms with Crippen LogP contribution in [-0.2, 0) is 14.3 Å². The number of phenolic OH excluding ortho intramolecular Hbond substituents is 1. The molecule has 1 amide bonds. The second-order valence-corrected chi connectivity index (χ2v) is 5.40. The molecule has 1 aromatic carbocycles. The summed E-state index contributed by atoms with van der Waals surface area (Å²) in [5.74, 6) is -0.104. The Balaban J connectivity index is 2.40. The van der Waals surface area contributed by atoms with E-state index in [9.17, 15) is 14.7 Å². The standard InChI is InChI=1S/C17H23NO5/c1-12(2)8-9-18-16(20)11-23-17(21)7-5-13-4-6-14(19)15(10-13)22-3/h4-7,10,12,19H,8-9,11H2,1-3H3,(H,18,20)/b7-5+. The van der Waals surface area contributed by atoms with Crippen LogP contribution in [-0.4, -0.2) is 37.2 Å². The zero-order chi connectivity index (χ0) is 17.2. The Hall–Kier alpha value is -2.50. The predicted octanol–water partition coefficient (Wildman–Crippen LogP) is 2.12. The lowest BCUT2D eigenvalue weighted by Gasteiger charge is -2.07. The molecule has 6 nitrogen and oxygen atoms in total. The molecular formula is C17H23NO5. The summed E-state index contributed by atoms with van der Waals surface area (Å²) in [6.07, 6.45) is 3.61. The highest BCUT2D eigenvalue weighted by molar-refractivity contribution is 5.89. The van der Waals surface area contributed by atoms with Crippen LogP contribution in [0, 0.1) is 5.92 Å². The lowest BCUT2D eigenvalue weighted by molar-refractivity contribution is -0.143. The van der Waals surface area contributed by atoms with Crippen molar-refractivity contribution in [2.45, 2.75) is 20.3 Å². The molecule has 6 heteroatoms. The summed E-state index contributed by atoms with van der Waals surface area (Å²) >= 11 is 0. The first kappa shape index (κ1) is 18.5. The summed E-state index contributed by atoms with van der Waals surface area (Å²) in [6.45, 7) is 4.39. The lowest BCUT2D eigenvalue weighted by atomic mass is 10.1. The molecule has 0 aliphatic heterocycles. The van der Waals surface area contributed by atoms with E-state index in [0.717, 1.165) is 6.42 Å². The highest BCUT2D eigenvalue weighted by atomic mass is 16.5. The van der Waals surface area contributed by atoms with Gasteiger partial charge in [-0.05, 0) is 36.1 Å². The van der Waals surface area contributed by atoms with Crippen molar-refractivity contribution in [3.05, 3.63) is 29.8 Å². The van der Waals surface area contributed by atoms with Crippen LogP contribution in [0.15, 0.2) is 24.3 Å². The molecule has 0 heterocycles. The average Bonchev–Trinajstić information content (AvgIpc) is 2.51. The molecule has 126 valence electrons. The van der Waals surface area contributed by atoms with Gasteiger partial charge in [0.15, 0.2) is 18.1 Å². The number of carbonyl (C=O) groups excluding carboxylic acids is 2. The van der Waals surface area contributed by atoms with E-state index >= 15 is 0 Å². The minimum Gasteiger partial charge on any atom is -0.504 e. The van der Waals surface area contributed by atoms with Gasteiger partial charge in [0.25, 0.3) is 5.91 Å². The topological polar surface area (TPSA) is 84.9 Å². The van der Waals surface area contributed by atoms with Gasteiger partial charge in [-0.3, -0.25) is 4.79 Å². The van der Waals surface area contributed by atoms with Gasteiger partial charge in [0, 0.05) is 12.6 Å². The van der Waals surface area contributed by atoms with E-state index in [-0.39, 0.29) is 18.3 Å². The second-order valence-electron chi connectivity index (χ2n) is 5.40. The van der Waals surface area contributed by atoms with Gasteiger partial charge in [-0.1, -0.05) is 19.9 Å². The Labute approximate surface area is 136 Å². The molecule has 0 atom stereocenters. The minimum absolute atomic E-state index is 0.0188. The minimum atomic E-state index is -0.615. The summed E-state index contributed by atoms with van der Waals surface area (Å²) in [4.78, 5) is 23.0. The fourth-order valence-electron chi connectivity index (χ4n) is 1.70. The summed E-state index contributed by atoms with van der Waals surface area (Å²) in [5.41, 5.74) is 0.665. The number of methoxy groups -OCH3 is 1. The lowest BCUT2D eigenvalue weighted by Crippen LogP contribution is -2.29. The van der Waals surface area contributed by atoms with Crippen LogP contribution in [0.2, 0.25) is 0 Å². The SMILES string of the molecule is COc1cc(/C=C/C(=O)OCC(=O)NCCC(C)C)ccc1O. The average molecular weight is 321 g/mol. The smallest absolute Gasteiger partial charge is 0.331 e. The highest BCUT2D eigenvalue weighted by Gasteiger charge is 2.05. The zero-order valence-electron chi connectivity index (χ0n) is 13.7. The first-order valence-electron chi connectivity index (χ1n) is 7.41. The van der Waals surface area contributed by atoms with Gasteiger partial charge in [-0.15, -0.1) is 0 Å². The number of carbonyl (C=O) groups is 2. The maximum atomic E-state index is 11.6. The summed E-state index contributed by atoms with van der Waals surface area (Å²) < 4.78 is 9.82. The molecule has 0 aliphatic rings. The second kappa shape index (κ2) is 9.50. The van der Waals surface area contributed by atoms with Gasteiger partial charge in [-0.2, -0.15) is 0 Å². The van der Waals surface area contributed by atoms with Crippen LogP contribution < -0.4 is 10.1 Å². The van der Waals surface area contributed by atoms with Crippen molar-refractivity contribution in [2.75, 3.05) is 20.3 Å². The molecule has 0 saturated heterocycles. The summed E-state index contributed by atoms with van der Waals surface area (Å²) in [7, 11) is 1.44. The summed E-state index contributed by atoms with van der Waals surface area (Å²) in [6, 6.07) is 4.67. The quantitative estimate of drug-likeness (QED) is 0.566. The summed E-state index contributed by atoms with van der Waals surface area (Å²) in [5, 5.41) is 12.2. The van der Waals surface area contributed by atoms with E-state index in [0.29, 0.717) is 23.8 Å².